The van der Waals surface area contributed by atoms with Crippen molar-refractivity contribution >= 4 is 23.6 Å². The Balaban J connectivity index is 1.63. The molecule has 5 nitrogen and oxygen atoms in total. The van der Waals surface area contributed by atoms with Crippen molar-refractivity contribution in [3.8, 4) is 0 Å². The van der Waals surface area contributed by atoms with Crippen LogP contribution in [0.5, 0.6) is 0 Å². The molecule has 0 spiro atoms. The van der Waals surface area contributed by atoms with Crippen LogP contribution in [0.2, 0.25) is 0 Å². The first-order valence-corrected chi connectivity index (χ1v) is 9.25. The summed E-state index contributed by atoms with van der Waals surface area (Å²) in [6.07, 6.45) is 4.68. The van der Waals surface area contributed by atoms with E-state index < -0.39 is 0 Å². The number of hydrogen-bond acceptors (Lipinski definition) is 4. The third kappa shape index (κ3) is 3.06. The number of carbonyl (C=O) groups is 2. The smallest absolute Gasteiger partial charge is 0.242 e. The third-order valence-corrected chi connectivity index (χ3v) is 5.98. The average molecular weight is 311 g/mol. The molecule has 3 aliphatic heterocycles. The van der Waals surface area contributed by atoms with E-state index in [1.54, 1.807) is 16.7 Å². The Morgan fingerprint density at radius 1 is 1.24 bits per heavy atom. The van der Waals surface area contributed by atoms with Gasteiger partial charge in [0.25, 0.3) is 0 Å². The highest BCUT2D eigenvalue weighted by atomic mass is 32.2. The van der Waals surface area contributed by atoms with Crippen LogP contribution in [0.3, 0.4) is 0 Å². The van der Waals surface area contributed by atoms with Gasteiger partial charge in [0, 0.05) is 18.6 Å². The van der Waals surface area contributed by atoms with Crippen molar-refractivity contribution in [2.45, 2.75) is 44.7 Å². The average Bonchev–Trinajstić information content (AvgIpc) is 3.18. The Hall–Kier alpha value is -0.750. The van der Waals surface area contributed by atoms with Gasteiger partial charge in [-0.3, -0.25) is 14.5 Å². The molecule has 2 atom stereocenters. The molecule has 3 saturated heterocycles. The van der Waals surface area contributed by atoms with Crippen molar-refractivity contribution in [3.63, 3.8) is 0 Å². The highest BCUT2D eigenvalue weighted by molar-refractivity contribution is 8.00. The van der Waals surface area contributed by atoms with E-state index in [4.69, 9.17) is 0 Å². The number of amides is 2. The van der Waals surface area contributed by atoms with Gasteiger partial charge < -0.3 is 9.80 Å². The summed E-state index contributed by atoms with van der Waals surface area (Å²) in [5, 5.41) is 0. The minimum atomic E-state index is 0.111. The molecule has 3 aliphatic rings. The van der Waals surface area contributed by atoms with E-state index in [9.17, 15) is 9.59 Å². The molecular formula is C15H25N3O2S. The fraction of sp³-hybridized carbons (Fsp3) is 0.867. The number of hydrogen-bond donors (Lipinski definition) is 0. The molecule has 0 unspecified atom stereocenters. The fourth-order valence-electron chi connectivity index (χ4n) is 3.98. The Bertz CT molecular complexity index is 418. The van der Waals surface area contributed by atoms with Gasteiger partial charge in [-0.15, -0.1) is 11.8 Å². The van der Waals surface area contributed by atoms with E-state index in [0.717, 1.165) is 25.9 Å². The Morgan fingerprint density at radius 3 is 2.71 bits per heavy atom. The first-order chi connectivity index (χ1) is 10.2. The number of rotatable bonds is 4. The zero-order chi connectivity index (χ0) is 14.8. The van der Waals surface area contributed by atoms with Crippen molar-refractivity contribution < 1.29 is 9.59 Å². The summed E-state index contributed by atoms with van der Waals surface area (Å²) in [6, 6.07) is 0.899. The van der Waals surface area contributed by atoms with Gasteiger partial charge in [0.1, 0.15) is 6.54 Å². The monoisotopic (exact) mass is 311 g/mol. The number of carbonyl (C=O) groups excluding carboxylic acids is 2. The van der Waals surface area contributed by atoms with Gasteiger partial charge in [0.05, 0.1) is 11.6 Å². The lowest BCUT2D eigenvalue weighted by atomic mass is 10.0. The quantitative estimate of drug-likeness (QED) is 0.777. The molecule has 21 heavy (non-hydrogen) atoms. The van der Waals surface area contributed by atoms with Gasteiger partial charge in [0.15, 0.2) is 0 Å². The Kier molecular flexibility index (Phi) is 4.74. The van der Waals surface area contributed by atoms with E-state index in [1.807, 2.05) is 0 Å². The van der Waals surface area contributed by atoms with E-state index >= 15 is 0 Å². The molecular weight excluding hydrogens is 286 g/mol. The van der Waals surface area contributed by atoms with Crippen LogP contribution in [0.1, 0.15) is 32.6 Å². The summed E-state index contributed by atoms with van der Waals surface area (Å²) in [4.78, 5) is 30.6. The summed E-state index contributed by atoms with van der Waals surface area (Å²) in [6.45, 7) is 5.60. The maximum absolute atomic E-state index is 12.6. The van der Waals surface area contributed by atoms with Gasteiger partial charge in [-0.25, -0.2) is 0 Å². The third-order valence-electron chi connectivity index (χ3n) is 5.04. The summed E-state index contributed by atoms with van der Waals surface area (Å²) in [5.41, 5.74) is 0. The zero-order valence-corrected chi connectivity index (χ0v) is 13.6. The molecule has 6 heteroatoms. The van der Waals surface area contributed by atoms with Crippen molar-refractivity contribution in [1.82, 2.24) is 14.7 Å². The predicted molar refractivity (Wildman–Crippen MR) is 84.0 cm³/mol. The second-order valence-electron chi connectivity index (χ2n) is 6.20. The molecule has 0 aliphatic carbocycles. The lowest BCUT2D eigenvalue weighted by molar-refractivity contribution is -0.139. The van der Waals surface area contributed by atoms with Gasteiger partial charge in [0.2, 0.25) is 11.8 Å². The maximum atomic E-state index is 12.6. The zero-order valence-electron chi connectivity index (χ0n) is 12.8. The number of nitrogens with zero attached hydrogens (tertiary/aromatic N) is 3. The van der Waals surface area contributed by atoms with E-state index in [0.29, 0.717) is 23.7 Å². The topological polar surface area (TPSA) is 43.9 Å². The molecule has 0 bridgehead atoms. The van der Waals surface area contributed by atoms with Crippen LogP contribution in [0.25, 0.3) is 0 Å². The minimum Gasteiger partial charge on any atom is -0.337 e. The van der Waals surface area contributed by atoms with Crippen LogP contribution >= 0.6 is 11.8 Å². The normalized spacial score (nSPS) is 30.6. The van der Waals surface area contributed by atoms with E-state index in [-0.39, 0.29) is 18.4 Å². The second kappa shape index (κ2) is 6.57. The van der Waals surface area contributed by atoms with Crippen LogP contribution in [-0.4, -0.2) is 76.4 Å². The molecule has 118 valence electrons. The van der Waals surface area contributed by atoms with Crippen molar-refractivity contribution in [1.29, 1.82) is 0 Å². The summed E-state index contributed by atoms with van der Waals surface area (Å²) >= 11 is 1.60. The molecule has 0 aromatic rings. The van der Waals surface area contributed by atoms with Gasteiger partial charge >= 0.3 is 0 Å². The first kappa shape index (κ1) is 15.2. The van der Waals surface area contributed by atoms with E-state index in [1.165, 1.54) is 19.4 Å². The number of likely N-dealkylation sites (tertiary alicyclic amines) is 2. The molecule has 0 aromatic carbocycles. The number of thioether (sulfide) groups is 1. The largest absolute Gasteiger partial charge is 0.337 e. The second-order valence-corrected chi connectivity index (χ2v) is 7.16. The van der Waals surface area contributed by atoms with Crippen molar-refractivity contribution in [3.05, 3.63) is 0 Å². The fourth-order valence-corrected chi connectivity index (χ4v) is 4.88. The Morgan fingerprint density at radius 2 is 2.00 bits per heavy atom. The molecule has 0 radical (unpaired) electrons. The van der Waals surface area contributed by atoms with Crippen molar-refractivity contribution in [2.75, 3.05) is 37.8 Å². The highest BCUT2D eigenvalue weighted by Gasteiger charge is 2.39. The Labute approximate surface area is 131 Å². The van der Waals surface area contributed by atoms with Gasteiger partial charge in [-0.2, -0.15) is 0 Å². The van der Waals surface area contributed by atoms with Gasteiger partial charge in [-0.05, 0) is 38.8 Å². The molecule has 3 heterocycles. The lowest BCUT2D eigenvalue weighted by Crippen LogP contribution is -2.50. The molecule has 0 N–H and O–H groups in total. The summed E-state index contributed by atoms with van der Waals surface area (Å²) < 4.78 is 0. The molecule has 3 rings (SSSR count). The maximum Gasteiger partial charge on any atom is 0.242 e. The molecule has 0 saturated carbocycles. The predicted octanol–water partition coefficient (Wildman–Crippen LogP) is 0.995. The van der Waals surface area contributed by atoms with Crippen LogP contribution in [-0.2, 0) is 9.59 Å². The highest BCUT2D eigenvalue weighted by Crippen LogP contribution is 2.30. The van der Waals surface area contributed by atoms with E-state index in [2.05, 4.69) is 16.7 Å². The number of likely N-dealkylation sites (N-methyl/N-ethyl adjacent to an activating group) is 1. The van der Waals surface area contributed by atoms with Crippen LogP contribution in [0.4, 0.5) is 0 Å². The first-order valence-electron chi connectivity index (χ1n) is 8.09. The summed E-state index contributed by atoms with van der Waals surface area (Å²) in [5.74, 6) is 1.47. The standard InChI is InChI=1S/C15H25N3O2S/c1-2-16-7-3-5-12(16)13-6-4-8-18(13)14(19)9-17-11-21-10-15(17)20/h12-13H,2-11H2,1H3/t12-,13-/m0/s1. The molecule has 2 amide bonds. The van der Waals surface area contributed by atoms with Crippen molar-refractivity contribution in [2.24, 2.45) is 0 Å². The SMILES string of the molecule is CCN1CCC[C@H]1[C@@H]1CCCN1C(=O)CN1CSCC1=O. The van der Waals surface area contributed by atoms with Crippen LogP contribution in [0.15, 0.2) is 0 Å². The minimum absolute atomic E-state index is 0.111. The van der Waals surface area contributed by atoms with Gasteiger partial charge in [-0.1, -0.05) is 6.92 Å². The van der Waals surface area contributed by atoms with Crippen LogP contribution < -0.4 is 0 Å². The summed E-state index contributed by atoms with van der Waals surface area (Å²) in [7, 11) is 0. The molecule has 3 fully saturated rings. The van der Waals surface area contributed by atoms with Crippen LogP contribution in [0, 0.1) is 0 Å². The molecule has 0 aromatic heterocycles. The lowest BCUT2D eigenvalue weighted by Gasteiger charge is -2.35.